The lowest BCUT2D eigenvalue weighted by molar-refractivity contribution is -0.137. The minimum Gasteiger partial charge on any atom is -0.450 e. The fourth-order valence-corrected chi connectivity index (χ4v) is 5.19. The molecule has 43 heavy (non-hydrogen) atoms. The number of ether oxygens (including phenoxy) is 1. The molecule has 0 saturated carbocycles. The van der Waals surface area contributed by atoms with Crippen molar-refractivity contribution in [2.45, 2.75) is 6.18 Å². The second-order valence-electron chi connectivity index (χ2n) is 10.1. The smallest absolute Gasteiger partial charge is 0.417 e. The molecule has 15 heteroatoms. The highest BCUT2D eigenvalue weighted by molar-refractivity contribution is 6.06. The third-order valence-corrected chi connectivity index (χ3v) is 7.41. The number of carbonyl (C=O) groups is 2. The van der Waals surface area contributed by atoms with Crippen molar-refractivity contribution in [2.24, 2.45) is 5.73 Å². The molecule has 0 unspecified atom stereocenters. The molecular formula is C28H27F3N8O4. The van der Waals surface area contributed by atoms with Crippen LogP contribution < -0.4 is 21.3 Å². The SMILES string of the molecule is NC(=O)c1cccc2cc(C(=O)N3CCN(c4cc(-c5cnc(N)cc5C(F)(F)F)nc(N5CCOCC5)n4)CC3)oc12. The molecule has 2 fully saturated rings. The van der Waals surface area contributed by atoms with Gasteiger partial charge in [0, 0.05) is 62.5 Å². The first kappa shape index (κ1) is 28.2. The summed E-state index contributed by atoms with van der Waals surface area (Å²) in [5.41, 5.74) is 10.3. The van der Waals surface area contributed by atoms with Gasteiger partial charge in [-0.15, -0.1) is 0 Å². The lowest BCUT2D eigenvalue weighted by Crippen LogP contribution is -2.49. The summed E-state index contributed by atoms with van der Waals surface area (Å²) in [4.78, 5) is 43.5. The summed E-state index contributed by atoms with van der Waals surface area (Å²) in [7, 11) is 0. The van der Waals surface area contributed by atoms with Crippen LogP contribution in [0.25, 0.3) is 22.2 Å². The molecule has 2 amide bonds. The van der Waals surface area contributed by atoms with Gasteiger partial charge in [0.25, 0.3) is 11.8 Å². The van der Waals surface area contributed by atoms with E-state index < -0.39 is 17.6 Å². The maximum absolute atomic E-state index is 14.0. The van der Waals surface area contributed by atoms with Gasteiger partial charge in [-0.05, 0) is 18.2 Å². The number of fused-ring (bicyclic) bond motifs is 1. The van der Waals surface area contributed by atoms with Crippen molar-refractivity contribution in [3.8, 4) is 11.3 Å². The van der Waals surface area contributed by atoms with Crippen molar-refractivity contribution in [2.75, 3.05) is 68.0 Å². The zero-order valence-corrected chi connectivity index (χ0v) is 22.8. The van der Waals surface area contributed by atoms with Gasteiger partial charge in [-0.2, -0.15) is 18.2 Å². The van der Waals surface area contributed by atoms with E-state index in [0.29, 0.717) is 63.7 Å². The van der Waals surface area contributed by atoms with E-state index in [2.05, 4.69) is 9.97 Å². The lowest BCUT2D eigenvalue weighted by Gasteiger charge is -2.36. The largest absolute Gasteiger partial charge is 0.450 e. The fourth-order valence-electron chi connectivity index (χ4n) is 5.19. The highest BCUT2D eigenvalue weighted by Crippen LogP contribution is 2.38. The van der Waals surface area contributed by atoms with Crippen molar-refractivity contribution >= 4 is 40.4 Å². The molecule has 1 aromatic carbocycles. The van der Waals surface area contributed by atoms with Crippen LogP contribution in [-0.4, -0.2) is 84.1 Å². The molecule has 6 rings (SSSR count). The Morgan fingerprint density at radius 3 is 2.37 bits per heavy atom. The minimum absolute atomic E-state index is 0.0531. The molecular weight excluding hydrogens is 569 g/mol. The zero-order valence-electron chi connectivity index (χ0n) is 22.8. The van der Waals surface area contributed by atoms with Crippen LogP contribution in [0.4, 0.5) is 30.8 Å². The fraction of sp³-hybridized carbons (Fsp3) is 0.321. The van der Waals surface area contributed by atoms with E-state index in [1.54, 1.807) is 23.1 Å². The number of anilines is 3. The van der Waals surface area contributed by atoms with Crippen molar-refractivity contribution in [3.63, 3.8) is 0 Å². The lowest BCUT2D eigenvalue weighted by atomic mass is 10.1. The maximum atomic E-state index is 14.0. The van der Waals surface area contributed by atoms with E-state index in [9.17, 15) is 22.8 Å². The molecule has 224 valence electrons. The number of amides is 2. The molecule has 3 aromatic heterocycles. The van der Waals surface area contributed by atoms with Crippen molar-refractivity contribution in [1.29, 1.82) is 0 Å². The summed E-state index contributed by atoms with van der Waals surface area (Å²) >= 11 is 0. The van der Waals surface area contributed by atoms with Crippen LogP contribution in [-0.2, 0) is 10.9 Å². The summed E-state index contributed by atoms with van der Waals surface area (Å²) < 4.78 is 53.1. The van der Waals surface area contributed by atoms with E-state index in [0.717, 1.165) is 12.3 Å². The predicted molar refractivity (Wildman–Crippen MR) is 151 cm³/mol. The van der Waals surface area contributed by atoms with Crippen LogP contribution >= 0.6 is 0 Å². The molecule has 0 atom stereocenters. The first-order valence-corrected chi connectivity index (χ1v) is 13.5. The number of benzene rings is 1. The van der Waals surface area contributed by atoms with E-state index in [-0.39, 0.29) is 45.8 Å². The number of primary amides is 1. The second kappa shape index (κ2) is 11.1. The number of alkyl halides is 3. The quantitative estimate of drug-likeness (QED) is 0.351. The predicted octanol–water partition coefficient (Wildman–Crippen LogP) is 2.78. The summed E-state index contributed by atoms with van der Waals surface area (Å²) in [6.45, 7) is 3.11. The Bertz CT molecular complexity index is 1700. The van der Waals surface area contributed by atoms with Crippen molar-refractivity contribution in [3.05, 3.63) is 59.5 Å². The molecule has 2 aliphatic rings. The number of piperazine rings is 1. The number of hydrogen-bond acceptors (Lipinski definition) is 10. The molecule has 0 spiro atoms. The van der Waals surface area contributed by atoms with Gasteiger partial charge in [0.2, 0.25) is 5.95 Å². The molecule has 4 aromatic rings. The summed E-state index contributed by atoms with van der Waals surface area (Å²) in [6.07, 6.45) is -3.61. The van der Waals surface area contributed by atoms with Gasteiger partial charge in [0.15, 0.2) is 5.76 Å². The Labute approximate surface area is 243 Å². The summed E-state index contributed by atoms with van der Waals surface area (Å²) in [5, 5.41) is 0.581. The molecule has 2 aliphatic heterocycles. The number of hydrogen-bond donors (Lipinski definition) is 2. The van der Waals surface area contributed by atoms with Crippen molar-refractivity contribution in [1.82, 2.24) is 19.9 Å². The standard InChI is InChI=1S/C28H27F3N8O4/c29-28(30,31)19-13-22(32)34-15-18(19)20-14-23(36-27(35-20)39-8-10-42-11-9-39)37-4-6-38(7-5-37)26(41)21-12-16-2-1-3-17(25(33)40)24(16)43-21/h1-3,12-15H,4-11H2,(H2,32,34)(H2,33,40). The number of nitrogens with two attached hydrogens (primary N) is 2. The third-order valence-electron chi connectivity index (χ3n) is 7.41. The van der Waals surface area contributed by atoms with Gasteiger partial charge in [-0.25, -0.2) is 9.97 Å². The molecule has 4 N–H and O–H groups in total. The number of halogens is 3. The zero-order chi connectivity index (χ0) is 30.3. The Morgan fingerprint density at radius 1 is 0.930 bits per heavy atom. The maximum Gasteiger partial charge on any atom is 0.417 e. The van der Waals surface area contributed by atoms with E-state index >= 15 is 0 Å². The van der Waals surface area contributed by atoms with Gasteiger partial charge < -0.3 is 35.3 Å². The topological polar surface area (TPSA) is 157 Å². The first-order valence-electron chi connectivity index (χ1n) is 13.5. The Morgan fingerprint density at radius 2 is 1.67 bits per heavy atom. The van der Waals surface area contributed by atoms with E-state index in [1.807, 2.05) is 9.80 Å². The van der Waals surface area contributed by atoms with Crippen LogP contribution in [0.3, 0.4) is 0 Å². The van der Waals surface area contributed by atoms with Crippen LogP contribution in [0.1, 0.15) is 26.5 Å². The molecule has 5 heterocycles. The number of furan rings is 1. The average molecular weight is 597 g/mol. The average Bonchev–Trinajstić information content (AvgIpc) is 3.45. The number of pyridine rings is 1. The molecule has 0 bridgehead atoms. The number of aromatic nitrogens is 3. The monoisotopic (exact) mass is 596 g/mol. The Balaban J connectivity index is 1.28. The van der Waals surface area contributed by atoms with Gasteiger partial charge in [-0.1, -0.05) is 12.1 Å². The second-order valence-corrected chi connectivity index (χ2v) is 10.1. The number of morpholine rings is 1. The molecule has 0 radical (unpaired) electrons. The number of nitrogen functional groups attached to an aromatic ring is 1. The van der Waals surface area contributed by atoms with Crippen LogP contribution in [0.15, 0.2) is 47.0 Å². The molecule has 0 aliphatic carbocycles. The molecule has 12 nitrogen and oxygen atoms in total. The number of para-hydroxylation sites is 1. The number of nitrogens with zero attached hydrogens (tertiary/aromatic N) is 6. The van der Waals surface area contributed by atoms with Crippen LogP contribution in [0.5, 0.6) is 0 Å². The van der Waals surface area contributed by atoms with Gasteiger partial charge in [0.05, 0.1) is 30.0 Å². The Kier molecular flexibility index (Phi) is 7.25. The molecule has 2 saturated heterocycles. The number of rotatable bonds is 5. The summed E-state index contributed by atoms with van der Waals surface area (Å²) in [5.74, 6) is -0.511. The number of carbonyl (C=O) groups excluding carboxylic acids is 2. The van der Waals surface area contributed by atoms with Gasteiger partial charge >= 0.3 is 6.18 Å². The van der Waals surface area contributed by atoms with Gasteiger partial charge in [0.1, 0.15) is 17.2 Å². The third kappa shape index (κ3) is 5.62. The van der Waals surface area contributed by atoms with E-state index in [4.69, 9.17) is 25.6 Å². The Hall–Kier alpha value is -4.92. The minimum atomic E-state index is -4.68. The highest BCUT2D eigenvalue weighted by atomic mass is 19.4. The van der Waals surface area contributed by atoms with E-state index in [1.165, 1.54) is 12.1 Å². The van der Waals surface area contributed by atoms with Crippen LogP contribution in [0.2, 0.25) is 0 Å². The van der Waals surface area contributed by atoms with Crippen LogP contribution in [0, 0.1) is 0 Å². The first-order chi connectivity index (χ1) is 20.6. The summed E-state index contributed by atoms with van der Waals surface area (Å²) in [6, 6.07) is 8.76. The van der Waals surface area contributed by atoms with Gasteiger partial charge in [-0.3, -0.25) is 9.59 Å². The normalized spacial score (nSPS) is 16.1. The highest BCUT2D eigenvalue weighted by Gasteiger charge is 2.35. The van der Waals surface area contributed by atoms with Crippen molar-refractivity contribution < 1.29 is 31.9 Å².